The van der Waals surface area contributed by atoms with Crippen molar-refractivity contribution in [2.45, 2.75) is 25.9 Å². The average molecular weight is 548 g/mol. The van der Waals surface area contributed by atoms with Gasteiger partial charge in [0.25, 0.3) is 5.91 Å². The first-order chi connectivity index (χ1) is 18.3. The molecule has 8 nitrogen and oxygen atoms in total. The van der Waals surface area contributed by atoms with Crippen molar-refractivity contribution in [3.05, 3.63) is 93.4 Å². The Labute approximate surface area is 229 Å². The van der Waals surface area contributed by atoms with Crippen LogP contribution in [0.15, 0.2) is 65.3 Å². The number of halogens is 2. The van der Waals surface area contributed by atoms with E-state index < -0.39 is 0 Å². The van der Waals surface area contributed by atoms with E-state index in [9.17, 15) is 4.79 Å². The van der Waals surface area contributed by atoms with Gasteiger partial charge in [-0.15, -0.1) is 0 Å². The van der Waals surface area contributed by atoms with Crippen molar-refractivity contribution < 1.29 is 14.1 Å². The van der Waals surface area contributed by atoms with Crippen molar-refractivity contribution in [2.24, 2.45) is 5.92 Å². The Morgan fingerprint density at radius 1 is 1.13 bits per heavy atom. The van der Waals surface area contributed by atoms with E-state index in [1.807, 2.05) is 36.1 Å². The van der Waals surface area contributed by atoms with Crippen molar-refractivity contribution >= 4 is 29.1 Å². The average Bonchev–Trinajstić information content (AvgIpc) is 3.57. The maximum atomic E-state index is 13.5. The van der Waals surface area contributed by atoms with Crippen LogP contribution in [0.1, 0.15) is 40.2 Å². The molecule has 3 atom stereocenters. The lowest BCUT2D eigenvalue weighted by Crippen LogP contribution is -2.32. The van der Waals surface area contributed by atoms with Crippen LogP contribution >= 0.6 is 23.2 Å². The molecule has 10 heteroatoms. The number of amides is 1. The number of hydrogen-bond donors (Lipinski definition) is 0. The predicted molar refractivity (Wildman–Crippen MR) is 142 cm³/mol. The minimum atomic E-state index is -0.281. The van der Waals surface area contributed by atoms with E-state index in [1.165, 1.54) is 6.20 Å². The standard InChI is InChI=1S/C28H23Cl2N5O3/c1-16(37-26-10-3-18(12-31)13-32-26)22-14-35(15-23(22)21-8-9-24(29)25(30)11-21)28(36)20-6-4-19(5-7-20)27-33-17(2)38-34-27/h3-11,13,16,22-23H,14-15H2,1-2H3. The maximum Gasteiger partial charge on any atom is 0.253 e. The number of rotatable bonds is 6. The van der Waals surface area contributed by atoms with E-state index in [4.69, 9.17) is 37.7 Å². The zero-order chi connectivity index (χ0) is 26.8. The molecular formula is C28H23Cl2N5O3. The number of nitrogens with zero attached hydrogens (tertiary/aromatic N) is 5. The van der Waals surface area contributed by atoms with Gasteiger partial charge in [-0.2, -0.15) is 10.2 Å². The molecular weight excluding hydrogens is 525 g/mol. The zero-order valence-electron chi connectivity index (χ0n) is 20.6. The van der Waals surface area contributed by atoms with E-state index in [-0.39, 0.29) is 23.8 Å². The van der Waals surface area contributed by atoms with Gasteiger partial charge in [0.05, 0.1) is 15.6 Å². The number of aryl methyl sites for hydroxylation is 1. The molecule has 0 N–H and O–H groups in total. The molecule has 192 valence electrons. The molecule has 38 heavy (non-hydrogen) atoms. The van der Waals surface area contributed by atoms with Gasteiger partial charge in [-0.25, -0.2) is 4.98 Å². The number of nitriles is 1. The van der Waals surface area contributed by atoms with Crippen molar-refractivity contribution in [1.82, 2.24) is 20.0 Å². The van der Waals surface area contributed by atoms with Crippen LogP contribution in [0.4, 0.5) is 0 Å². The Hall–Kier alpha value is -3.93. The van der Waals surface area contributed by atoms with E-state index in [0.29, 0.717) is 51.9 Å². The predicted octanol–water partition coefficient (Wildman–Crippen LogP) is 5.94. The molecule has 4 aromatic rings. The molecule has 0 spiro atoms. The summed E-state index contributed by atoms with van der Waals surface area (Å²) >= 11 is 12.5. The van der Waals surface area contributed by atoms with Crippen LogP contribution in [0.2, 0.25) is 10.0 Å². The Balaban J connectivity index is 1.38. The molecule has 3 unspecified atom stereocenters. The van der Waals surface area contributed by atoms with Gasteiger partial charge in [-0.05, 0) is 42.8 Å². The number of carbonyl (C=O) groups is 1. The van der Waals surface area contributed by atoms with Crippen LogP contribution in [-0.4, -0.2) is 45.1 Å². The molecule has 2 aromatic heterocycles. The van der Waals surface area contributed by atoms with E-state index in [2.05, 4.69) is 21.2 Å². The van der Waals surface area contributed by atoms with Crippen molar-refractivity contribution in [3.63, 3.8) is 0 Å². The molecule has 1 aliphatic rings. The minimum Gasteiger partial charge on any atom is -0.474 e. The summed E-state index contributed by atoms with van der Waals surface area (Å²) in [6.45, 7) is 4.66. The normalized spacial score (nSPS) is 17.7. The lowest BCUT2D eigenvalue weighted by molar-refractivity contribution is 0.0769. The van der Waals surface area contributed by atoms with Gasteiger partial charge in [-0.1, -0.05) is 46.6 Å². The summed E-state index contributed by atoms with van der Waals surface area (Å²) in [5, 5.41) is 13.9. The highest BCUT2D eigenvalue weighted by Gasteiger charge is 2.40. The van der Waals surface area contributed by atoms with E-state index in [0.717, 1.165) is 11.1 Å². The highest BCUT2D eigenvalue weighted by atomic mass is 35.5. The summed E-state index contributed by atoms with van der Waals surface area (Å²) in [6, 6.07) is 18.1. The van der Waals surface area contributed by atoms with E-state index >= 15 is 0 Å². The molecule has 1 aliphatic heterocycles. The molecule has 0 saturated carbocycles. The fourth-order valence-electron chi connectivity index (χ4n) is 4.72. The van der Waals surface area contributed by atoms with E-state index in [1.54, 1.807) is 37.3 Å². The van der Waals surface area contributed by atoms with Gasteiger partial charge in [0.15, 0.2) is 0 Å². The molecule has 1 amide bonds. The van der Waals surface area contributed by atoms with Crippen LogP contribution in [0, 0.1) is 24.2 Å². The van der Waals surface area contributed by atoms with Gasteiger partial charge in [-0.3, -0.25) is 4.79 Å². The topological polar surface area (TPSA) is 105 Å². The zero-order valence-corrected chi connectivity index (χ0v) is 22.1. The lowest BCUT2D eigenvalue weighted by Gasteiger charge is -2.25. The lowest BCUT2D eigenvalue weighted by atomic mass is 9.86. The number of ether oxygens (including phenoxy) is 1. The monoisotopic (exact) mass is 547 g/mol. The van der Waals surface area contributed by atoms with Gasteiger partial charge in [0.1, 0.15) is 12.2 Å². The third-order valence-corrected chi connectivity index (χ3v) is 7.46. The number of benzene rings is 2. The Kier molecular flexibility index (Phi) is 7.32. The highest BCUT2D eigenvalue weighted by molar-refractivity contribution is 6.42. The fraction of sp³-hybridized carbons (Fsp3) is 0.250. The molecule has 0 bridgehead atoms. The first-order valence-corrected chi connectivity index (χ1v) is 12.8. The number of likely N-dealkylation sites (tertiary alicyclic amines) is 1. The summed E-state index contributed by atoms with van der Waals surface area (Å²) in [5.74, 6) is 1.20. The Morgan fingerprint density at radius 2 is 1.92 bits per heavy atom. The van der Waals surface area contributed by atoms with Crippen LogP contribution in [0.25, 0.3) is 11.4 Å². The molecule has 1 saturated heterocycles. The van der Waals surface area contributed by atoms with Crippen LogP contribution < -0.4 is 4.74 Å². The maximum absolute atomic E-state index is 13.5. The number of carbonyl (C=O) groups excluding carboxylic acids is 1. The second-order valence-electron chi connectivity index (χ2n) is 9.19. The molecule has 0 aliphatic carbocycles. The van der Waals surface area contributed by atoms with Crippen LogP contribution in [0.5, 0.6) is 5.88 Å². The first kappa shape index (κ1) is 25.7. The summed E-state index contributed by atoms with van der Waals surface area (Å²) in [7, 11) is 0. The molecule has 2 aromatic carbocycles. The second kappa shape index (κ2) is 10.8. The Bertz CT molecular complexity index is 1500. The summed E-state index contributed by atoms with van der Waals surface area (Å²) in [4.78, 5) is 23.8. The smallest absolute Gasteiger partial charge is 0.253 e. The van der Waals surface area contributed by atoms with Gasteiger partial charge >= 0.3 is 0 Å². The number of hydrogen-bond acceptors (Lipinski definition) is 7. The van der Waals surface area contributed by atoms with Gasteiger partial charge < -0.3 is 14.2 Å². The summed E-state index contributed by atoms with van der Waals surface area (Å²) < 4.78 is 11.2. The van der Waals surface area contributed by atoms with Gasteiger partial charge in [0.2, 0.25) is 17.6 Å². The Morgan fingerprint density at radius 3 is 2.55 bits per heavy atom. The molecule has 1 fully saturated rings. The van der Waals surface area contributed by atoms with Crippen LogP contribution in [0.3, 0.4) is 0 Å². The quantitative estimate of drug-likeness (QED) is 0.294. The summed E-state index contributed by atoms with van der Waals surface area (Å²) in [6.07, 6.45) is 1.19. The third kappa shape index (κ3) is 5.35. The largest absolute Gasteiger partial charge is 0.474 e. The molecule has 5 rings (SSSR count). The summed E-state index contributed by atoms with van der Waals surface area (Å²) in [5.41, 5.74) is 2.76. The van der Waals surface area contributed by atoms with Gasteiger partial charge in [0, 0.05) is 55.2 Å². The van der Waals surface area contributed by atoms with Crippen molar-refractivity contribution in [1.29, 1.82) is 5.26 Å². The highest BCUT2D eigenvalue weighted by Crippen LogP contribution is 2.39. The third-order valence-electron chi connectivity index (χ3n) is 6.72. The minimum absolute atomic E-state index is 0.0383. The molecule has 0 radical (unpaired) electrons. The van der Waals surface area contributed by atoms with Crippen molar-refractivity contribution in [3.8, 4) is 23.3 Å². The number of aromatic nitrogens is 3. The first-order valence-electron chi connectivity index (χ1n) is 12.0. The van der Waals surface area contributed by atoms with Crippen LogP contribution in [-0.2, 0) is 0 Å². The molecule has 3 heterocycles. The van der Waals surface area contributed by atoms with Crippen molar-refractivity contribution in [2.75, 3.05) is 13.1 Å². The SMILES string of the molecule is Cc1nc(-c2ccc(C(=O)N3CC(c4ccc(Cl)c(Cl)c4)C(C(C)Oc4ccc(C#N)cn4)C3)cc2)no1. The second-order valence-corrected chi connectivity index (χ2v) is 10.0. The number of pyridine rings is 1. The fourth-order valence-corrected chi connectivity index (χ4v) is 5.03.